The second-order valence-corrected chi connectivity index (χ2v) is 6.85. The summed E-state index contributed by atoms with van der Waals surface area (Å²) in [6.07, 6.45) is 6.82. The smallest absolute Gasteiger partial charge is 0.0251 e. The number of hydrogen-bond donors (Lipinski definition) is 1. The van der Waals surface area contributed by atoms with E-state index in [2.05, 4.69) is 43.1 Å². The quantitative estimate of drug-likeness (QED) is 0.842. The topological polar surface area (TPSA) is 18.5 Å². The summed E-state index contributed by atoms with van der Waals surface area (Å²) in [4.78, 5) is 5.19. The van der Waals surface area contributed by atoms with E-state index >= 15 is 0 Å². The molecule has 19 heavy (non-hydrogen) atoms. The average molecular weight is 267 g/mol. The SMILES string of the molecule is CCNC1CCC(C)CC1N(C)C1CCN(C)CC1. The molecule has 0 spiro atoms. The van der Waals surface area contributed by atoms with E-state index in [0.717, 1.165) is 24.5 Å². The van der Waals surface area contributed by atoms with Crippen LogP contribution in [-0.4, -0.2) is 61.7 Å². The van der Waals surface area contributed by atoms with E-state index in [-0.39, 0.29) is 0 Å². The molecule has 1 aliphatic heterocycles. The van der Waals surface area contributed by atoms with Crippen molar-refractivity contribution in [2.24, 2.45) is 5.92 Å². The van der Waals surface area contributed by atoms with Crippen molar-refractivity contribution in [2.75, 3.05) is 33.7 Å². The van der Waals surface area contributed by atoms with Crippen molar-refractivity contribution in [2.45, 2.75) is 64.1 Å². The maximum Gasteiger partial charge on any atom is 0.0251 e. The lowest BCUT2D eigenvalue weighted by molar-refractivity contribution is 0.0575. The van der Waals surface area contributed by atoms with Crippen LogP contribution in [0.3, 0.4) is 0 Å². The zero-order valence-corrected chi connectivity index (χ0v) is 13.4. The molecular weight excluding hydrogens is 234 g/mol. The van der Waals surface area contributed by atoms with E-state index in [1.54, 1.807) is 0 Å². The fraction of sp³-hybridized carbons (Fsp3) is 1.00. The van der Waals surface area contributed by atoms with Crippen LogP contribution in [0.1, 0.15) is 46.0 Å². The van der Waals surface area contributed by atoms with Crippen LogP contribution in [0.2, 0.25) is 0 Å². The second kappa shape index (κ2) is 7.05. The minimum Gasteiger partial charge on any atom is -0.313 e. The van der Waals surface area contributed by atoms with Gasteiger partial charge < -0.3 is 10.2 Å². The van der Waals surface area contributed by atoms with Gasteiger partial charge in [0.25, 0.3) is 0 Å². The normalized spacial score (nSPS) is 34.9. The number of nitrogens with zero attached hydrogens (tertiary/aromatic N) is 2. The lowest BCUT2D eigenvalue weighted by atomic mass is 9.81. The fourth-order valence-electron chi connectivity index (χ4n) is 3.97. The van der Waals surface area contributed by atoms with Gasteiger partial charge >= 0.3 is 0 Å². The molecule has 1 heterocycles. The van der Waals surface area contributed by atoms with Gasteiger partial charge in [0.1, 0.15) is 0 Å². The summed E-state index contributed by atoms with van der Waals surface area (Å²) < 4.78 is 0. The van der Waals surface area contributed by atoms with Crippen molar-refractivity contribution in [3.05, 3.63) is 0 Å². The first-order valence-electron chi connectivity index (χ1n) is 8.25. The summed E-state index contributed by atoms with van der Waals surface area (Å²) in [6, 6.07) is 2.26. The number of piperidine rings is 1. The van der Waals surface area contributed by atoms with Crippen molar-refractivity contribution in [1.29, 1.82) is 0 Å². The van der Waals surface area contributed by atoms with Crippen LogP contribution < -0.4 is 5.32 Å². The highest BCUT2D eigenvalue weighted by molar-refractivity contribution is 4.92. The molecule has 0 bridgehead atoms. The highest BCUT2D eigenvalue weighted by atomic mass is 15.2. The third kappa shape index (κ3) is 3.93. The number of hydrogen-bond acceptors (Lipinski definition) is 3. The largest absolute Gasteiger partial charge is 0.313 e. The van der Waals surface area contributed by atoms with Crippen molar-refractivity contribution in [3.8, 4) is 0 Å². The Hall–Kier alpha value is -0.120. The third-order valence-electron chi connectivity index (χ3n) is 5.33. The molecule has 0 aromatic rings. The van der Waals surface area contributed by atoms with Gasteiger partial charge in [0.2, 0.25) is 0 Å². The molecule has 1 aliphatic carbocycles. The Morgan fingerprint density at radius 2 is 1.84 bits per heavy atom. The summed E-state index contributed by atoms with van der Waals surface area (Å²) in [5.74, 6) is 0.897. The van der Waals surface area contributed by atoms with Gasteiger partial charge in [-0.2, -0.15) is 0 Å². The number of likely N-dealkylation sites (tertiary alicyclic amines) is 1. The molecule has 0 radical (unpaired) electrons. The average Bonchev–Trinajstić information content (AvgIpc) is 2.41. The summed E-state index contributed by atoms with van der Waals surface area (Å²) in [7, 11) is 4.63. The summed E-state index contributed by atoms with van der Waals surface area (Å²) in [5, 5.41) is 3.73. The highest BCUT2D eigenvalue weighted by Gasteiger charge is 2.34. The maximum absolute atomic E-state index is 3.73. The Balaban J connectivity index is 1.95. The van der Waals surface area contributed by atoms with Gasteiger partial charge in [-0.05, 0) is 71.8 Å². The fourth-order valence-corrected chi connectivity index (χ4v) is 3.97. The first-order valence-corrected chi connectivity index (χ1v) is 8.25. The van der Waals surface area contributed by atoms with Gasteiger partial charge in [0.15, 0.2) is 0 Å². The Kier molecular flexibility index (Phi) is 5.67. The Labute approximate surface area is 119 Å². The zero-order chi connectivity index (χ0) is 13.8. The minimum absolute atomic E-state index is 0.714. The summed E-state index contributed by atoms with van der Waals surface area (Å²) >= 11 is 0. The van der Waals surface area contributed by atoms with Crippen molar-refractivity contribution in [1.82, 2.24) is 15.1 Å². The third-order valence-corrected chi connectivity index (χ3v) is 5.33. The highest BCUT2D eigenvalue weighted by Crippen LogP contribution is 2.30. The molecule has 1 saturated carbocycles. The molecule has 0 amide bonds. The van der Waals surface area contributed by atoms with Crippen molar-refractivity contribution in [3.63, 3.8) is 0 Å². The zero-order valence-electron chi connectivity index (χ0n) is 13.4. The van der Waals surface area contributed by atoms with Crippen LogP contribution in [0.5, 0.6) is 0 Å². The molecule has 0 aromatic heterocycles. The molecule has 1 saturated heterocycles. The van der Waals surface area contributed by atoms with Crippen LogP contribution in [0, 0.1) is 5.92 Å². The number of nitrogens with one attached hydrogen (secondary N) is 1. The van der Waals surface area contributed by atoms with E-state index in [1.807, 2.05) is 0 Å². The maximum atomic E-state index is 3.73. The van der Waals surface area contributed by atoms with E-state index in [1.165, 1.54) is 45.2 Å². The number of likely N-dealkylation sites (N-methyl/N-ethyl adjacent to an activating group) is 2. The molecule has 1 N–H and O–H groups in total. The first-order chi connectivity index (χ1) is 9.11. The molecule has 112 valence electrons. The van der Waals surface area contributed by atoms with Crippen LogP contribution in [0.15, 0.2) is 0 Å². The minimum atomic E-state index is 0.714. The van der Waals surface area contributed by atoms with Crippen molar-refractivity contribution >= 4 is 0 Å². The molecule has 2 aliphatic rings. The predicted octanol–water partition coefficient (Wildman–Crippen LogP) is 2.18. The van der Waals surface area contributed by atoms with E-state index < -0.39 is 0 Å². The number of rotatable bonds is 4. The Morgan fingerprint density at radius 3 is 2.47 bits per heavy atom. The molecule has 2 rings (SSSR count). The van der Waals surface area contributed by atoms with Crippen LogP contribution in [-0.2, 0) is 0 Å². The molecule has 3 unspecified atom stereocenters. The standard InChI is InChI=1S/C16H33N3/c1-5-17-15-7-6-13(2)12-16(15)19(4)14-8-10-18(3)11-9-14/h13-17H,5-12H2,1-4H3. The van der Waals surface area contributed by atoms with E-state index in [4.69, 9.17) is 0 Å². The molecule has 3 atom stereocenters. The van der Waals surface area contributed by atoms with Gasteiger partial charge in [-0.15, -0.1) is 0 Å². The lowest BCUT2D eigenvalue weighted by Crippen LogP contribution is -2.56. The van der Waals surface area contributed by atoms with E-state index in [9.17, 15) is 0 Å². The second-order valence-electron chi connectivity index (χ2n) is 6.85. The van der Waals surface area contributed by atoms with Gasteiger partial charge in [-0.1, -0.05) is 13.8 Å². The monoisotopic (exact) mass is 267 g/mol. The van der Waals surface area contributed by atoms with Crippen LogP contribution >= 0.6 is 0 Å². The molecular formula is C16H33N3. The van der Waals surface area contributed by atoms with Crippen LogP contribution in [0.4, 0.5) is 0 Å². The Bertz CT molecular complexity index is 261. The predicted molar refractivity (Wildman–Crippen MR) is 82.5 cm³/mol. The van der Waals surface area contributed by atoms with Crippen molar-refractivity contribution < 1.29 is 0 Å². The molecule has 3 heteroatoms. The molecule has 2 fully saturated rings. The Morgan fingerprint density at radius 1 is 1.16 bits per heavy atom. The first kappa shape index (κ1) is 15.3. The summed E-state index contributed by atoms with van der Waals surface area (Å²) in [6.45, 7) is 8.31. The van der Waals surface area contributed by atoms with Gasteiger partial charge in [-0.3, -0.25) is 4.90 Å². The molecule has 0 aromatic carbocycles. The van der Waals surface area contributed by atoms with Gasteiger partial charge in [0.05, 0.1) is 0 Å². The van der Waals surface area contributed by atoms with Gasteiger partial charge in [0, 0.05) is 18.1 Å². The van der Waals surface area contributed by atoms with Gasteiger partial charge in [-0.25, -0.2) is 0 Å². The molecule has 3 nitrogen and oxygen atoms in total. The lowest BCUT2D eigenvalue weighted by Gasteiger charge is -2.46. The van der Waals surface area contributed by atoms with E-state index in [0.29, 0.717) is 6.04 Å². The van der Waals surface area contributed by atoms with Crippen LogP contribution in [0.25, 0.3) is 0 Å². The summed E-state index contributed by atoms with van der Waals surface area (Å²) in [5.41, 5.74) is 0.